The fourth-order valence-electron chi connectivity index (χ4n) is 5.20. The van der Waals surface area contributed by atoms with Crippen LogP contribution in [-0.2, 0) is 0 Å². The summed E-state index contributed by atoms with van der Waals surface area (Å²) in [4.78, 5) is 21.8. The number of hydrogen-bond acceptors (Lipinski definition) is 7. The summed E-state index contributed by atoms with van der Waals surface area (Å²) >= 11 is 0. The molecule has 0 radical (unpaired) electrons. The number of nitrogens with zero attached hydrogens (tertiary/aromatic N) is 4. The minimum absolute atomic E-state index is 0.0244. The van der Waals surface area contributed by atoms with Crippen LogP contribution in [0.1, 0.15) is 42.4 Å². The van der Waals surface area contributed by atoms with E-state index in [1.54, 1.807) is 18.2 Å². The predicted octanol–water partition coefficient (Wildman–Crippen LogP) is 5.54. The summed E-state index contributed by atoms with van der Waals surface area (Å²) in [5.41, 5.74) is 2.35. The van der Waals surface area contributed by atoms with Gasteiger partial charge in [-0.1, -0.05) is 19.0 Å². The lowest BCUT2D eigenvalue weighted by Crippen LogP contribution is -2.67. The minimum Gasteiger partial charge on any atom is -0.443 e. The van der Waals surface area contributed by atoms with E-state index in [9.17, 15) is 13.6 Å². The first-order valence-electron chi connectivity index (χ1n) is 12.6. The van der Waals surface area contributed by atoms with Crippen LogP contribution >= 0.6 is 0 Å². The average molecular weight is 520 g/mol. The summed E-state index contributed by atoms with van der Waals surface area (Å²) in [7, 11) is 2.13. The summed E-state index contributed by atoms with van der Waals surface area (Å²) in [5, 5.41) is 6.74. The Morgan fingerprint density at radius 2 is 1.84 bits per heavy atom. The SMILES string of the molecule is CC(C)c1onc(-c2ccc(F)cc2)c1-c1nc(C(=O)Nc2ccc(N3CC4CC(C3)N4C)cc2F)co1. The largest absolute Gasteiger partial charge is 0.443 e. The molecule has 2 aromatic carbocycles. The molecule has 2 aromatic heterocycles. The van der Waals surface area contributed by atoms with Crippen LogP contribution in [-0.4, -0.2) is 53.2 Å². The molecule has 1 N–H and O–H groups in total. The molecule has 1 amide bonds. The first-order chi connectivity index (χ1) is 18.3. The Morgan fingerprint density at radius 1 is 1.11 bits per heavy atom. The van der Waals surface area contributed by atoms with Gasteiger partial charge in [0.1, 0.15) is 29.2 Å². The van der Waals surface area contributed by atoms with E-state index in [4.69, 9.17) is 8.94 Å². The molecule has 0 aliphatic carbocycles. The van der Waals surface area contributed by atoms with Crippen LogP contribution in [0, 0.1) is 11.6 Å². The van der Waals surface area contributed by atoms with Crippen molar-refractivity contribution in [2.75, 3.05) is 30.4 Å². The lowest BCUT2D eigenvalue weighted by molar-refractivity contribution is 0.0264. The molecule has 10 heteroatoms. The Balaban J connectivity index is 1.22. The second-order valence-electron chi connectivity index (χ2n) is 10.2. The van der Waals surface area contributed by atoms with Crippen LogP contribution in [0.25, 0.3) is 22.7 Å². The monoisotopic (exact) mass is 519 g/mol. The Morgan fingerprint density at radius 3 is 2.50 bits per heavy atom. The molecule has 3 aliphatic rings. The molecule has 8 nitrogen and oxygen atoms in total. The molecule has 2 bridgehead atoms. The Labute approximate surface area is 218 Å². The number of oxazole rings is 1. The number of amides is 1. The topological polar surface area (TPSA) is 87.6 Å². The maximum atomic E-state index is 15.0. The third-order valence-corrected chi connectivity index (χ3v) is 7.44. The number of anilines is 2. The van der Waals surface area contributed by atoms with Gasteiger partial charge < -0.3 is 19.2 Å². The summed E-state index contributed by atoms with van der Waals surface area (Å²) in [6.45, 7) is 5.57. The molecular formula is C28H27F2N5O3. The highest BCUT2D eigenvalue weighted by atomic mass is 19.1. The van der Waals surface area contributed by atoms with Gasteiger partial charge in [0.05, 0.1) is 5.69 Å². The Bertz CT molecular complexity index is 1480. The van der Waals surface area contributed by atoms with Crippen molar-refractivity contribution in [2.24, 2.45) is 0 Å². The van der Waals surface area contributed by atoms with Crippen molar-refractivity contribution in [2.45, 2.75) is 38.3 Å². The highest BCUT2D eigenvalue weighted by Gasteiger charge is 2.42. The Hall–Kier alpha value is -4.05. The normalized spacial score (nSPS) is 19.1. The molecule has 4 aromatic rings. The van der Waals surface area contributed by atoms with Gasteiger partial charge in [-0.3, -0.25) is 9.69 Å². The third-order valence-electron chi connectivity index (χ3n) is 7.44. The number of hydrogen-bond donors (Lipinski definition) is 1. The highest BCUT2D eigenvalue weighted by molar-refractivity contribution is 6.03. The van der Waals surface area contributed by atoms with Crippen LogP contribution in [0.4, 0.5) is 20.2 Å². The van der Waals surface area contributed by atoms with Gasteiger partial charge >= 0.3 is 0 Å². The zero-order valence-electron chi connectivity index (χ0n) is 21.2. The van der Waals surface area contributed by atoms with Gasteiger partial charge in [-0.15, -0.1) is 0 Å². The summed E-state index contributed by atoms with van der Waals surface area (Å²) in [5.74, 6) is -0.927. The number of piperidine rings is 1. The van der Waals surface area contributed by atoms with Gasteiger partial charge in [-0.2, -0.15) is 0 Å². The molecule has 0 saturated carbocycles. The molecule has 2 atom stereocenters. The number of carbonyl (C=O) groups is 1. The van der Waals surface area contributed by atoms with Crippen LogP contribution in [0.2, 0.25) is 0 Å². The van der Waals surface area contributed by atoms with Crippen molar-refractivity contribution < 1.29 is 22.5 Å². The second kappa shape index (κ2) is 9.36. The van der Waals surface area contributed by atoms with E-state index in [1.165, 1.54) is 30.9 Å². The minimum atomic E-state index is -0.613. The highest BCUT2D eigenvalue weighted by Crippen LogP contribution is 2.38. The van der Waals surface area contributed by atoms with E-state index in [0.717, 1.165) is 18.8 Å². The molecule has 3 aliphatic heterocycles. The van der Waals surface area contributed by atoms with Crippen molar-refractivity contribution in [1.29, 1.82) is 0 Å². The maximum Gasteiger partial charge on any atom is 0.277 e. The molecular weight excluding hydrogens is 492 g/mol. The van der Waals surface area contributed by atoms with Gasteiger partial charge in [-0.05, 0) is 55.9 Å². The zero-order chi connectivity index (χ0) is 26.6. The lowest BCUT2D eigenvalue weighted by atomic mass is 9.88. The number of rotatable bonds is 6. The maximum absolute atomic E-state index is 15.0. The third kappa shape index (κ3) is 4.24. The number of nitrogens with one attached hydrogen (secondary N) is 1. The molecule has 7 rings (SSSR count). The van der Waals surface area contributed by atoms with Gasteiger partial charge in [0.15, 0.2) is 11.5 Å². The first kappa shape index (κ1) is 24.3. The van der Waals surface area contributed by atoms with Crippen LogP contribution in [0.3, 0.4) is 0 Å². The van der Waals surface area contributed by atoms with Crippen molar-refractivity contribution >= 4 is 17.3 Å². The molecule has 2 unspecified atom stereocenters. The molecule has 5 heterocycles. The second-order valence-corrected chi connectivity index (χ2v) is 10.2. The number of piperazine rings is 1. The van der Waals surface area contributed by atoms with E-state index in [2.05, 4.69) is 32.3 Å². The van der Waals surface area contributed by atoms with Crippen molar-refractivity contribution in [1.82, 2.24) is 15.0 Å². The van der Waals surface area contributed by atoms with E-state index in [0.29, 0.717) is 34.7 Å². The van der Waals surface area contributed by atoms with E-state index in [1.807, 2.05) is 19.9 Å². The lowest BCUT2D eigenvalue weighted by Gasteiger charge is -2.55. The van der Waals surface area contributed by atoms with Crippen LogP contribution < -0.4 is 10.2 Å². The quantitative estimate of drug-likeness (QED) is 0.358. The summed E-state index contributed by atoms with van der Waals surface area (Å²) in [6, 6.07) is 11.6. The number of halogens is 2. The molecule has 3 fully saturated rings. The molecule has 196 valence electrons. The van der Waals surface area contributed by atoms with Gasteiger partial charge in [0.25, 0.3) is 5.91 Å². The number of carbonyl (C=O) groups excluding carboxylic acids is 1. The van der Waals surface area contributed by atoms with E-state index < -0.39 is 11.7 Å². The van der Waals surface area contributed by atoms with Gasteiger partial charge in [0, 0.05) is 42.3 Å². The molecule has 38 heavy (non-hydrogen) atoms. The van der Waals surface area contributed by atoms with Gasteiger partial charge in [0.2, 0.25) is 5.89 Å². The fraction of sp³-hybridized carbons (Fsp3) is 0.321. The fourth-order valence-corrected chi connectivity index (χ4v) is 5.20. The predicted molar refractivity (Wildman–Crippen MR) is 138 cm³/mol. The molecule has 0 spiro atoms. The molecule has 3 saturated heterocycles. The van der Waals surface area contributed by atoms with Crippen LogP contribution in [0.5, 0.6) is 0 Å². The standard InChI is InChI=1S/C28H27F2N5O3/c1-15(2)26-24(25(33-38-26)16-4-6-17(29)7-5-16)28-32-23(14-37-28)27(36)31-22-9-8-18(11-21(22)30)35-12-19-10-20(13-35)34(19)3/h4-9,11,14-15,19-20H,10,12-13H2,1-3H3,(H,31,36). The summed E-state index contributed by atoms with van der Waals surface area (Å²) in [6.07, 6.45) is 2.39. The van der Waals surface area contributed by atoms with Crippen molar-refractivity contribution in [3.63, 3.8) is 0 Å². The van der Waals surface area contributed by atoms with Crippen LogP contribution in [0.15, 0.2) is 57.7 Å². The average Bonchev–Trinajstić information content (AvgIpc) is 3.58. The van der Waals surface area contributed by atoms with Gasteiger partial charge in [-0.25, -0.2) is 13.8 Å². The number of benzene rings is 2. The van der Waals surface area contributed by atoms with E-state index in [-0.39, 0.29) is 29.0 Å². The number of aromatic nitrogens is 2. The zero-order valence-corrected chi connectivity index (χ0v) is 21.2. The van der Waals surface area contributed by atoms with Crippen molar-refractivity contribution in [3.8, 4) is 22.7 Å². The van der Waals surface area contributed by atoms with Crippen molar-refractivity contribution in [3.05, 3.63) is 71.8 Å². The first-order valence-corrected chi connectivity index (χ1v) is 12.6. The summed E-state index contributed by atoms with van der Waals surface area (Å²) < 4.78 is 39.6. The smallest absolute Gasteiger partial charge is 0.277 e. The van der Waals surface area contributed by atoms with E-state index >= 15 is 0 Å². The Kier molecular flexibility index (Phi) is 5.98. The number of likely N-dealkylation sites (N-methyl/N-ethyl adjacent to an activating group) is 1. The number of fused-ring (bicyclic) bond motifs is 2.